The Morgan fingerprint density at radius 1 is 1.05 bits per heavy atom. The lowest BCUT2D eigenvalue weighted by Gasteiger charge is -2.19. The number of halogens is 2. The molecule has 0 saturated carbocycles. The van der Waals surface area contributed by atoms with E-state index < -0.39 is 20.7 Å². The van der Waals surface area contributed by atoms with Gasteiger partial charge in [0.1, 0.15) is 23.9 Å². The number of rotatable bonds is 3. The fraction of sp³-hybridized carbons (Fsp3) is 0.143. The molecule has 0 fully saturated rings. The zero-order valence-electron chi connectivity index (χ0n) is 11.2. The molecular weight excluding hydrogens is 333 g/mol. The molecule has 0 saturated heterocycles. The number of fused-ring (bicyclic) bond motifs is 1. The first-order chi connectivity index (χ1) is 10.5. The molecule has 2 aromatic rings. The summed E-state index contributed by atoms with van der Waals surface area (Å²) >= 11 is 5.62. The van der Waals surface area contributed by atoms with Gasteiger partial charge in [-0.15, -0.1) is 0 Å². The van der Waals surface area contributed by atoms with Crippen LogP contribution in [0.5, 0.6) is 11.5 Å². The van der Waals surface area contributed by atoms with E-state index in [1.54, 1.807) is 6.07 Å². The molecule has 5 nitrogen and oxygen atoms in total. The first kappa shape index (κ1) is 14.9. The van der Waals surface area contributed by atoms with Crippen molar-refractivity contribution >= 4 is 27.3 Å². The van der Waals surface area contributed by atoms with Gasteiger partial charge in [0.15, 0.2) is 11.5 Å². The molecule has 1 aliphatic heterocycles. The molecule has 0 amide bonds. The van der Waals surface area contributed by atoms with E-state index in [-0.39, 0.29) is 10.7 Å². The molecule has 116 valence electrons. The molecule has 1 heterocycles. The zero-order chi connectivity index (χ0) is 15.7. The molecule has 1 N–H and O–H groups in total. The van der Waals surface area contributed by atoms with Crippen LogP contribution in [-0.4, -0.2) is 21.6 Å². The van der Waals surface area contributed by atoms with Gasteiger partial charge in [-0.1, -0.05) is 11.6 Å². The van der Waals surface area contributed by atoms with Crippen LogP contribution in [0, 0.1) is 5.82 Å². The maximum absolute atomic E-state index is 13.8. The molecule has 22 heavy (non-hydrogen) atoms. The van der Waals surface area contributed by atoms with Gasteiger partial charge >= 0.3 is 0 Å². The van der Waals surface area contributed by atoms with Gasteiger partial charge in [0.05, 0.1) is 5.69 Å². The van der Waals surface area contributed by atoms with E-state index in [1.165, 1.54) is 18.2 Å². The standard InChI is InChI=1S/C14H11ClFNO4S/c15-9-1-4-14(11(16)7-9)22(18,19)17-10-2-3-12-13(8-10)21-6-5-20-12/h1-4,7-8,17H,5-6H2. The van der Waals surface area contributed by atoms with Crippen LogP contribution < -0.4 is 14.2 Å². The predicted molar refractivity (Wildman–Crippen MR) is 79.7 cm³/mol. The van der Waals surface area contributed by atoms with Crippen molar-refractivity contribution in [2.75, 3.05) is 17.9 Å². The highest BCUT2D eigenvalue weighted by Crippen LogP contribution is 2.33. The third kappa shape index (κ3) is 2.95. The molecule has 0 radical (unpaired) electrons. The Bertz CT molecular complexity index is 826. The van der Waals surface area contributed by atoms with E-state index >= 15 is 0 Å². The lowest BCUT2D eigenvalue weighted by molar-refractivity contribution is 0.171. The lowest BCUT2D eigenvalue weighted by atomic mass is 10.3. The first-order valence-electron chi connectivity index (χ1n) is 6.33. The summed E-state index contributed by atoms with van der Waals surface area (Å²) in [5, 5.41) is 0.121. The molecule has 8 heteroatoms. The minimum atomic E-state index is -4.07. The monoisotopic (exact) mass is 343 g/mol. The average molecular weight is 344 g/mol. The average Bonchev–Trinajstić information content (AvgIpc) is 2.46. The molecule has 3 rings (SSSR count). The molecule has 0 bridgehead atoms. The maximum Gasteiger partial charge on any atom is 0.264 e. The van der Waals surface area contributed by atoms with E-state index in [2.05, 4.69) is 4.72 Å². The molecule has 0 atom stereocenters. The highest BCUT2D eigenvalue weighted by atomic mass is 35.5. The van der Waals surface area contributed by atoms with Crippen LogP contribution in [0.25, 0.3) is 0 Å². The van der Waals surface area contributed by atoms with Crippen LogP contribution in [0.4, 0.5) is 10.1 Å². The third-order valence-electron chi connectivity index (χ3n) is 2.98. The van der Waals surface area contributed by atoms with Crippen molar-refractivity contribution in [2.24, 2.45) is 0 Å². The van der Waals surface area contributed by atoms with E-state index in [9.17, 15) is 12.8 Å². The zero-order valence-corrected chi connectivity index (χ0v) is 12.7. The summed E-state index contributed by atoms with van der Waals surface area (Å²) < 4.78 is 51.3. The van der Waals surface area contributed by atoms with Crippen LogP contribution >= 0.6 is 11.6 Å². The Balaban J connectivity index is 1.91. The van der Waals surface area contributed by atoms with Crippen LogP contribution in [0.2, 0.25) is 5.02 Å². The van der Waals surface area contributed by atoms with Crippen molar-refractivity contribution in [1.82, 2.24) is 0 Å². The summed E-state index contributed by atoms with van der Waals surface area (Å²) in [4.78, 5) is -0.480. The SMILES string of the molecule is O=S(=O)(Nc1ccc2c(c1)OCCO2)c1ccc(Cl)cc1F. The Kier molecular flexibility index (Phi) is 3.84. The number of nitrogens with one attached hydrogen (secondary N) is 1. The van der Waals surface area contributed by atoms with Crippen LogP contribution in [0.1, 0.15) is 0 Å². The van der Waals surface area contributed by atoms with Gasteiger partial charge < -0.3 is 9.47 Å². The number of hydrogen-bond acceptors (Lipinski definition) is 4. The number of sulfonamides is 1. The highest BCUT2D eigenvalue weighted by molar-refractivity contribution is 7.92. The number of anilines is 1. The number of ether oxygens (including phenoxy) is 2. The molecule has 0 unspecified atom stereocenters. The summed E-state index contributed by atoms with van der Waals surface area (Å²) in [6.45, 7) is 0.822. The van der Waals surface area contributed by atoms with Gasteiger partial charge in [-0.3, -0.25) is 4.72 Å². The van der Waals surface area contributed by atoms with Crippen molar-refractivity contribution in [3.8, 4) is 11.5 Å². The minimum absolute atomic E-state index is 0.121. The van der Waals surface area contributed by atoms with Gasteiger partial charge in [0.2, 0.25) is 0 Å². The first-order valence-corrected chi connectivity index (χ1v) is 8.19. The van der Waals surface area contributed by atoms with E-state index in [4.69, 9.17) is 21.1 Å². The van der Waals surface area contributed by atoms with Gasteiger partial charge in [0.25, 0.3) is 10.0 Å². The summed E-state index contributed by atoms with van der Waals surface area (Å²) in [6, 6.07) is 7.95. The third-order valence-corrected chi connectivity index (χ3v) is 4.63. The Morgan fingerprint density at radius 3 is 2.50 bits per heavy atom. The van der Waals surface area contributed by atoms with Crippen molar-refractivity contribution in [2.45, 2.75) is 4.90 Å². The van der Waals surface area contributed by atoms with Gasteiger partial charge in [-0.05, 0) is 30.3 Å². The second-order valence-electron chi connectivity index (χ2n) is 4.54. The molecule has 1 aliphatic rings. The molecular formula is C14H11ClFNO4S. The molecule has 2 aromatic carbocycles. The van der Waals surface area contributed by atoms with Crippen molar-refractivity contribution in [1.29, 1.82) is 0 Å². The highest BCUT2D eigenvalue weighted by Gasteiger charge is 2.20. The Morgan fingerprint density at radius 2 is 1.77 bits per heavy atom. The molecule has 0 aliphatic carbocycles. The fourth-order valence-corrected chi connectivity index (χ4v) is 3.28. The second kappa shape index (κ2) is 5.66. The lowest BCUT2D eigenvalue weighted by Crippen LogP contribution is -2.17. The quantitative estimate of drug-likeness (QED) is 0.930. The van der Waals surface area contributed by atoms with E-state index in [0.29, 0.717) is 24.7 Å². The van der Waals surface area contributed by atoms with Crippen LogP contribution in [-0.2, 0) is 10.0 Å². The smallest absolute Gasteiger partial charge is 0.264 e. The largest absolute Gasteiger partial charge is 0.486 e. The second-order valence-corrected chi connectivity index (χ2v) is 6.63. The summed E-state index contributed by atoms with van der Waals surface area (Å²) in [5.74, 6) is 0.0486. The van der Waals surface area contributed by atoms with Gasteiger partial charge in [0, 0.05) is 11.1 Å². The number of hydrogen-bond donors (Lipinski definition) is 1. The van der Waals surface area contributed by atoms with Crippen LogP contribution in [0.15, 0.2) is 41.3 Å². The minimum Gasteiger partial charge on any atom is -0.486 e. The van der Waals surface area contributed by atoms with Gasteiger partial charge in [-0.25, -0.2) is 12.8 Å². The van der Waals surface area contributed by atoms with Crippen molar-refractivity contribution in [3.63, 3.8) is 0 Å². The van der Waals surface area contributed by atoms with Gasteiger partial charge in [-0.2, -0.15) is 0 Å². The summed E-state index contributed by atoms with van der Waals surface area (Å²) in [6.07, 6.45) is 0. The van der Waals surface area contributed by atoms with Crippen molar-refractivity contribution in [3.05, 3.63) is 47.2 Å². The topological polar surface area (TPSA) is 64.6 Å². The number of benzene rings is 2. The predicted octanol–water partition coefficient (Wildman–Crippen LogP) is 3.05. The maximum atomic E-state index is 13.8. The van der Waals surface area contributed by atoms with Crippen LogP contribution in [0.3, 0.4) is 0 Å². The summed E-state index contributed by atoms with van der Waals surface area (Å²) in [7, 11) is -4.07. The van der Waals surface area contributed by atoms with E-state index in [1.807, 2.05) is 0 Å². The summed E-state index contributed by atoms with van der Waals surface area (Å²) in [5.41, 5.74) is 0.249. The molecule has 0 spiro atoms. The Hall–Kier alpha value is -1.99. The Labute approximate surface area is 131 Å². The normalized spacial score (nSPS) is 13.7. The van der Waals surface area contributed by atoms with E-state index in [0.717, 1.165) is 12.1 Å². The molecule has 0 aromatic heterocycles. The van der Waals surface area contributed by atoms with Crippen molar-refractivity contribution < 1.29 is 22.3 Å². The fourth-order valence-electron chi connectivity index (χ4n) is 2.01.